The normalized spacial score (nSPS) is 40.2. The van der Waals surface area contributed by atoms with Gasteiger partial charge in [-0.15, -0.1) is 12.4 Å². The fourth-order valence-corrected chi connectivity index (χ4v) is 1.94. The summed E-state index contributed by atoms with van der Waals surface area (Å²) in [5.41, 5.74) is 4.98. The molecule has 2 rings (SSSR count). The summed E-state index contributed by atoms with van der Waals surface area (Å²) in [5, 5.41) is 3.19. The maximum absolute atomic E-state index is 10.9. The van der Waals surface area contributed by atoms with Gasteiger partial charge in [-0.25, -0.2) is 0 Å². The van der Waals surface area contributed by atoms with E-state index in [1.54, 1.807) is 0 Å². The van der Waals surface area contributed by atoms with E-state index in [0.717, 1.165) is 13.0 Å². The highest BCUT2D eigenvalue weighted by Gasteiger charge is 2.59. The summed E-state index contributed by atoms with van der Waals surface area (Å²) in [6.07, 6.45) is 3.35. The lowest BCUT2D eigenvalue weighted by Crippen LogP contribution is -2.47. The lowest BCUT2D eigenvalue weighted by molar-refractivity contribution is -0.121. The molecule has 1 amide bonds. The predicted octanol–water partition coefficient (Wildman–Crippen LogP) is 0.0356. The van der Waals surface area contributed by atoms with Crippen molar-refractivity contribution in [3.8, 4) is 0 Å². The highest BCUT2D eigenvalue weighted by Crippen LogP contribution is 2.48. The van der Waals surface area contributed by atoms with Crippen LogP contribution in [0.4, 0.5) is 0 Å². The quantitative estimate of drug-likeness (QED) is 0.593. The molecule has 0 aromatic carbocycles. The van der Waals surface area contributed by atoms with Gasteiger partial charge in [-0.3, -0.25) is 4.79 Å². The van der Waals surface area contributed by atoms with E-state index in [1.165, 1.54) is 12.8 Å². The summed E-state index contributed by atoms with van der Waals surface area (Å²) >= 11 is 0. The monoisotopic (exact) mass is 176 g/mol. The van der Waals surface area contributed by atoms with Crippen molar-refractivity contribution in [3.05, 3.63) is 0 Å². The van der Waals surface area contributed by atoms with Crippen LogP contribution in [0.5, 0.6) is 0 Å². The zero-order chi connectivity index (χ0) is 7.19. The molecule has 4 heteroatoms. The standard InChI is InChI=1S/C7H12N2O.ClH/c8-6(10)7-4-5(7)2-1-3-9-7;/h5,9H,1-4H2,(H2,8,10);1H. The summed E-state index contributed by atoms with van der Waals surface area (Å²) in [6.45, 7) is 0.958. The third kappa shape index (κ3) is 1.12. The molecule has 0 bridgehead atoms. The topological polar surface area (TPSA) is 55.1 Å². The van der Waals surface area contributed by atoms with E-state index in [-0.39, 0.29) is 23.9 Å². The van der Waals surface area contributed by atoms with Gasteiger partial charge in [0.1, 0.15) is 5.54 Å². The van der Waals surface area contributed by atoms with Gasteiger partial charge in [0.15, 0.2) is 0 Å². The number of nitrogens with one attached hydrogen (secondary N) is 1. The minimum Gasteiger partial charge on any atom is -0.368 e. The molecule has 1 heterocycles. The van der Waals surface area contributed by atoms with Crippen molar-refractivity contribution < 1.29 is 4.79 Å². The van der Waals surface area contributed by atoms with E-state index in [1.807, 2.05) is 0 Å². The average molecular weight is 177 g/mol. The second-order valence-corrected chi connectivity index (χ2v) is 3.31. The summed E-state index contributed by atoms with van der Waals surface area (Å²) < 4.78 is 0. The average Bonchev–Trinajstić information content (AvgIpc) is 2.61. The van der Waals surface area contributed by atoms with Crippen molar-refractivity contribution in [2.75, 3.05) is 6.54 Å². The van der Waals surface area contributed by atoms with Crippen molar-refractivity contribution in [1.29, 1.82) is 0 Å². The van der Waals surface area contributed by atoms with Crippen LogP contribution in [-0.2, 0) is 4.79 Å². The van der Waals surface area contributed by atoms with Crippen LogP contribution in [0, 0.1) is 5.92 Å². The lowest BCUT2D eigenvalue weighted by atomic mass is 10.1. The fourth-order valence-electron chi connectivity index (χ4n) is 1.94. The van der Waals surface area contributed by atoms with Crippen molar-refractivity contribution in [1.82, 2.24) is 5.32 Å². The van der Waals surface area contributed by atoms with E-state index < -0.39 is 0 Å². The maximum atomic E-state index is 10.9. The van der Waals surface area contributed by atoms with Crippen LogP contribution in [0.3, 0.4) is 0 Å². The van der Waals surface area contributed by atoms with Crippen LogP contribution >= 0.6 is 12.4 Å². The number of carbonyl (C=O) groups is 1. The number of halogens is 1. The molecule has 1 saturated heterocycles. The van der Waals surface area contributed by atoms with Crippen molar-refractivity contribution >= 4 is 18.3 Å². The number of primary amides is 1. The number of piperidine rings is 1. The summed E-state index contributed by atoms with van der Waals surface area (Å²) in [7, 11) is 0. The number of hydrogen-bond donors (Lipinski definition) is 2. The van der Waals surface area contributed by atoms with Gasteiger partial charge in [-0.05, 0) is 31.7 Å². The fraction of sp³-hybridized carbons (Fsp3) is 0.857. The van der Waals surface area contributed by atoms with E-state index in [9.17, 15) is 4.79 Å². The zero-order valence-electron chi connectivity index (χ0n) is 6.30. The van der Waals surface area contributed by atoms with Gasteiger partial charge in [0.05, 0.1) is 0 Å². The Balaban J connectivity index is 0.000000605. The van der Waals surface area contributed by atoms with Crippen molar-refractivity contribution in [2.24, 2.45) is 11.7 Å². The second kappa shape index (κ2) is 2.64. The Labute approximate surface area is 72.1 Å². The largest absolute Gasteiger partial charge is 0.368 e. The first-order valence-electron chi connectivity index (χ1n) is 3.81. The molecule has 64 valence electrons. The highest BCUT2D eigenvalue weighted by molar-refractivity contribution is 5.88. The molecule has 2 unspecified atom stereocenters. The third-order valence-electron chi connectivity index (χ3n) is 2.71. The van der Waals surface area contributed by atoms with Crippen molar-refractivity contribution in [3.63, 3.8) is 0 Å². The van der Waals surface area contributed by atoms with Crippen LogP contribution in [-0.4, -0.2) is 18.0 Å². The maximum Gasteiger partial charge on any atom is 0.238 e. The summed E-state index contributed by atoms with van der Waals surface area (Å²) in [5.74, 6) is 0.399. The van der Waals surface area contributed by atoms with E-state index in [0.29, 0.717) is 5.92 Å². The van der Waals surface area contributed by atoms with Crippen LogP contribution < -0.4 is 11.1 Å². The Morgan fingerprint density at radius 3 is 2.82 bits per heavy atom. The molecule has 3 N–H and O–H groups in total. The third-order valence-corrected chi connectivity index (χ3v) is 2.71. The molecule has 1 aliphatic heterocycles. The second-order valence-electron chi connectivity index (χ2n) is 3.31. The van der Waals surface area contributed by atoms with Gasteiger partial charge in [0.2, 0.25) is 5.91 Å². The van der Waals surface area contributed by atoms with Gasteiger partial charge in [0.25, 0.3) is 0 Å². The molecule has 0 radical (unpaired) electrons. The van der Waals surface area contributed by atoms with Crippen LogP contribution in [0.25, 0.3) is 0 Å². The molecular weight excluding hydrogens is 164 g/mol. The molecule has 1 saturated carbocycles. The van der Waals surface area contributed by atoms with Gasteiger partial charge in [-0.1, -0.05) is 0 Å². The highest BCUT2D eigenvalue weighted by atomic mass is 35.5. The first-order valence-corrected chi connectivity index (χ1v) is 3.81. The predicted molar refractivity (Wildman–Crippen MR) is 44.5 cm³/mol. The molecule has 0 aromatic heterocycles. The zero-order valence-corrected chi connectivity index (χ0v) is 7.12. The first-order chi connectivity index (χ1) is 4.76. The molecule has 2 atom stereocenters. The Kier molecular flexibility index (Phi) is 2.12. The number of rotatable bonds is 1. The number of nitrogens with two attached hydrogens (primary N) is 1. The summed E-state index contributed by atoms with van der Waals surface area (Å²) in [6, 6.07) is 0. The molecule has 0 aromatic rings. The van der Waals surface area contributed by atoms with Crippen LogP contribution in [0.1, 0.15) is 19.3 Å². The molecule has 11 heavy (non-hydrogen) atoms. The first kappa shape index (κ1) is 8.81. The Morgan fingerprint density at radius 2 is 2.36 bits per heavy atom. The molecule has 1 aliphatic carbocycles. The SMILES string of the molecule is Cl.NC(=O)C12CC1CCCN2. The van der Waals surface area contributed by atoms with E-state index >= 15 is 0 Å². The molecule has 2 aliphatic rings. The smallest absolute Gasteiger partial charge is 0.238 e. The number of amides is 1. The molecule has 3 nitrogen and oxygen atoms in total. The van der Waals surface area contributed by atoms with Gasteiger partial charge in [-0.2, -0.15) is 0 Å². The van der Waals surface area contributed by atoms with Gasteiger partial charge < -0.3 is 11.1 Å². The number of fused-ring (bicyclic) bond motifs is 1. The summed E-state index contributed by atoms with van der Waals surface area (Å²) in [4.78, 5) is 10.9. The Hall–Kier alpha value is -0.280. The number of carbonyl (C=O) groups excluding carboxylic acids is 1. The Bertz CT molecular complexity index is 185. The molecular formula is C7H13ClN2O. The molecule has 2 fully saturated rings. The Morgan fingerprint density at radius 1 is 1.64 bits per heavy atom. The van der Waals surface area contributed by atoms with Crippen molar-refractivity contribution in [2.45, 2.75) is 24.8 Å². The van der Waals surface area contributed by atoms with E-state index in [4.69, 9.17) is 5.73 Å². The van der Waals surface area contributed by atoms with Gasteiger partial charge >= 0.3 is 0 Å². The number of hydrogen-bond acceptors (Lipinski definition) is 2. The minimum absolute atomic E-state index is 0. The van der Waals surface area contributed by atoms with Gasteiger partial charge in [0, 0.05) is 0 Å². The van der Waals surface area contributed by atoms with Crippen LogP contribution in [0.15, 0.2) is 0 Å². The minimum atomic E-state index is -0.266. The molecule has 0 spiro atoms. The van der Waals surface area contributed by atoms with Crippen LogP contribution in [0.2, 0.25) is 0 Å². The lowest BCUT2D eigenvalue weighted by Gasteiger charge is -2.19. The van der Waals surface area contributed by atoms with E-state index in [2.05, 4.69) is 5.32 Å².